The van der Waals surface area contributed by atoms with Crippen LogP contribution in [-0.2, 0) is 4.79 Å². The normalized spacial score (nSPS) is 18.1. The molecule has 7 nitrogen and oxygen atoms in total. The lowest BCUT2D eigenvalue weighted by molar-refractivity contribution is -0.116. The van der Waals surface area contributed by atoms with Crippen molar-refractivity contribution < 1.29 is 14.6 Å². The van der Waals surface area contributed by atoms with E-state index in [0.29, 0.717) is 26.4 Å². The fourth-order valence-electron chi connectivity index (χ4n) is 3.03. The molecule has 0 saturated carbocycles. The van der Waals surface area contributed by atoms with E-state index in [1.165, 1.54) is 18.9 Å². The molecule has 2 aliphatic heterocycles. The van der Waals surface area contributed by atoms with E-state index in [4.69, 9.17) is 9.73 Å². The van der Waals surface area contributed by atoms with Gasteiger partial charge in [-0.25, -0.2) is 5.01 Å². The minimum Gasteiger partial charge on any atom is -0.503 e. The van der Waals surface area contributed by atoms with E-state index in [1.807, 2.05) is 30.5 Å². The maximum absolute atomic E-state index is 12.8. The summed E-state index contributed by atoms with van der Waals surface area (Å²) in [6.45, 7) is 0. The van der Waals surface area contributed by atoms with Crippen molar-refractivity contribution >= 4 is 44.5 Å². The number of rotatable bonds is 2. The average molecular weight is 447 g/mol. The number of para-hydroxylation sites is 1. The smallest absolute Gasteiger partial charge is 0.276 e. The number of phenols is 1. The minimum absolute atomic E-state index is 0.00588. The van der Waals surface area contributed by atoms with Crippen LogP contribution in [0.5, 0.6) is 11.5 Å². The number of hydrogen-bond acceptors (Lipinski definition) is 7. The van der Waals surface area contributed by atoms with E-state index in [1.54, 1.807) is 17.1 Å². The summed E-state index contributed by atoms with van der Waals surface area (Å²) in [6, 6.07) is 10.9. The fraction of sp³-hybridized carbons (Fsp3) is 0.167. The number of phenolic OH excluding ortho intramolecular Hbond substituents is 1. The van der Waals surface area contributed by atoms with E-state index >= 15 is 0 Å². The molecule has 0 aromatic heterocycles. The standard InChI is InChI=1S/C18H15BrN4O3S/c1-26-13-8-9(7-11(19)15(13)24)16-20-12-6-4-3-5-10(12)14-17(25)21-18(27-2)22-23(14)16/h3-8,16,24H,1-2H3,(H,21,22,25). The topological polar surface area (TPSA) is 86.5 Å². The van der Waals surface area contributed by atoms with Crippen molar-refractivity contribution in [3.05, 3.63) is 57.0 Å². The van der Waals surface area contributed by atoms with Crippen molar-refractivity contribution in [3.63, 3.8) is 0 Å². The Bertz CT molecular complexity index is 1100. The Morgan fingerprint density at radius 3 is 2.85 bits per heavy atom. The van der Waals surface area contributed by atoms with Crippen molar-refractivity contribution in [2.45, 2.75) is 6.17 Å². The van der Waals surface area contributed by atoms with Gasteiger partial charge in [0.05, 0.1) is 16.9 Å². The molecule has 2 aliphatic rings. The van der Waals surface area contributed by atoms with Crippen LogP contribution < -0.4 is 20.6 Å². The number of benzene rings is 2. The second-order valence-corrected chi connectivity index (χ2v) is 7.48. The van der Waals surface area contributed by atoms with Gasteiger partial charge in [0.15, 0.2) is 22.8 Å². The van der Waals surface area contributed by atoms with Crippen LogP contribution >= 0.6 is 27.7 Å². The highest BCUT2D eigenvalue weighted by Crippen LogP contribution is 2.40. The number of fused-ring (bicyclic) bond motifs is 2. The Labute approximate surface area is 167 Å². The van der Waals surface area contributed by atoms with Crippen LogP contribution in [0.15, 0.2) is 51.0 Å². The van der Waals surface area contributed by atoms with Crippen LogP contribution in [0.25, 0.3) is 5.70 Å². The number of amides is 1. The quantitative estimate of drug-likeness (QED) is 0.732. The fourth-order valence-corrected chi connectivity index (χ4v) is 3.86. The number of carbonyl (C=O) groups is 1. The molecule has 2 aromatic carbocycles. The van der Waals surface area contributed by atoms with Gasteiger partial charge < -0.3 is 9.84 Å². The lowest BCUT2D eigenvalue weighted by Crippen LogP contribution is -2.50. The van der Waals surface area contributed by atoms with Gasteiger partial charge in [-0.15, -0.1) is 5.10 Å². The van der Waals surface area contributed by atoms with Gasteiger partial charge in [0.2, 0.25) is 0 Å². The molecule has 0 saturated heterocycles. The highest BCUT2D eigenvalue weighted by atomic mass is 79.9. The lowest BCUT2D eigenvalue weighted by Gasteiger charge is -2.34. The second-order valence-electron chi connectivity index (χ2n) is 5.83. The molecule has 0 fully saturated rings. The van der Waals surface area contributed by atoms with Crippen molar-refractivity contribution in [2.75, 3.05) is 13.4 Å². The number of thioether (sulfide) groups is 1. The van der Waals surface area contributed by atoms with Gasteiger partial charge in [0, 0.05) is 10.8 Å². The maximum atomic E-state index is 12.8. The van der Waals surface area contributed by atoms with E-state index in [0.717, 1.165) is 10.8 Å². The maximum Gasteiger partial charge on any atom is 0.276 e. The summed E-state index contributed by atoms with van der Waals surface area (Å²) in [5.41, 5.74) is 1.16. The predicted molar refractivity (Wildman–Crippen MR) is 107 cm³/mol. The molecule has 9 heteroatoms. The molecule has 138 valence electrons. The molecule has 1 atom stereocenters. The number of aromatic hydroxyl groups is 1. The molecule has 1 amide bonds. The van der Waals surface area contributed by atoms with Gasteiger partial charge in [-0.3, -0.25) is 15.1 Å². The van der Waals surface area contributed by atoms with Crippen LogP contribution in [0, 0.1) is 0 Å². The summed E-state index contributed by atoms with van der Waals surface area (Å²) in [7, 11) is 1.48. The molecule has 1 unspecified atom stereocenters. The number of halogens is 1. The van der Waals surface area contributed by atoms with Gasteiger partial charge in [-0.2, -0.15) is 0 Å². The van der Waals surface area contributed by atoms with Gasteiger partial charge in [-0.1, -0.05) is 30.0 Å². The zero-order valence-corrected chi connectivity index (χ0v) is 16.8. The first-order valence-corrected chi connectivity index (χ1v) is 10.0. The van der Waals surface area contributed by atoms with E-state index in [2.05, 4.69) is 26.3 Å². The van der Waals surface area contributed by atoms with Crippen molar-refractivity contribution in [3.8, 4) is 11.5 Å². The lowest BCUT2D eigenvalue weighted by atomic mass is 10.1. The zero-order valence-electron chi connectivity index (χ0n) is 14.4. The summed E-state index contributed by atoms with van der Waals surface area (Å²) < 4.78 is 5.73. The Morgan fingerprint density at radius 2 is 2.11 bits per heavy atom. The number of hydrazone groups is 1. The van der Waals surface area contributed by atoms with E-state index in [9.17, 15) is 9.90 Å². The predicted octanol–water partition coefficient (Wildman–Crippen LogP) is 1.67. The largest absolute Gasteiger partial charge is 0.503 e. The van der Waals surface area contributed by atoms with Crippen LogP contribution in [0.1, 0.15) is 11.7 Å². The molecule has 2 heterocycles. The third kappa shape index (κ3) is 2.96. The summed E-state index contributed by atoms with van der Waals surface area (Å²) in [4.78, 5) is 17.6. The minimum atomic E-state index is -0.575. The number of methoxy groups -OCH3 is 1. The molecule has 0 spiro atoms. The molecule has 2 N–H and O–H groups in total. The Balaban J connectivity index is 1.98. The highest BCUT2D eigenvalue weighted by molar-refractivity contribution is 9.10. The highest BCUT2D eigenvalue weighted by Gasteiger charge is 2.34. The van der Waals surface area contributed by atoms with Crippen LogP contribution in [0.2, 0.25) is 0 Å². The van der Waals surface area contributed by atoms with Crippen molar-refractivity contribution in [2.24, 2.45) is 10.1 Å². The summed E-state index contributed by atoms with van der Waals surface area (Å²) in [5, 5.41) is 21.0. The SMILES string of the molecule is COc1cc(C2N=c3ccccc3=C3C(=O)NC(SC)=NN32)cc(Br)c1O. The first-order valence-electron chi connectivity index (χ1n) is 8.00. The number of carbonyl (C=O) groups excluding carboxylic acids is 1. The number of nitrogens with zero attached hydrogens (tertiary/aromatic N) is 3. The zero-order chi connectivity index (χ0) is 19.1. The average Bonchev–Trinajstić information content (AvgIpc) is 2.68. The molecule has 27 heavy (non-hydrogen) atoms. The second kappa shape index (κ2) is 6.90. The number of nitrogens with one attached hydrogen (secondary N) is 1. The molecule has 0 bridgehead atoms. The van der Waals surface area contributed by atoms with Crippen molar-refractivity contribution in [1.82, 2.24) is 10.3 Å². The number of ether oxygens (including phenoxy) is 1. The molecule has 2 aromatic rings. The summed E-state index contributed by atoms with van der Waals surface area (Å²) in [5.74, 6) is 0.0865. The summed E-state index contributed by atoms with van der Waals surface area (Å²) >= 11 is 4.69. The first-order chi connectivity index (χ1) is 13.0. The van der Waals surface area contributed by atoms with Gasteiger partial charge in [0.1, 0.15) is 5.70 Å². The van der Waals surface area contributed by atoms with E-state index < -0.39 is 6.17 Å². The van der Waals surface area contributed by atoms with Crippen molar-refractivity contribution in [1.29, 1.82) is 0 Å². The molecule has 0 aliphatic carbocycles. The Kier molecular flexibility index (Phi) is 4.56. The van der Waals surface area contributed by atoms with Gasteiger partial charge in [0.25, 0.3) is 5.91 Å². The third-order valence-electron chi connectivity index (χ3n) is 4.28. The molecule has 4 rings (SSSR count). The third-order valence-corrected chi connectivity index (χ3v) is 5.45. The molecular weight excluding hydrogens is 432 g/mol. The Hall–Kier alpha value is -2.52. The van der Waals surface area contributed by atoms with Crippen LogP contribution in [0.3, 0.4) is 0 Å². The molecular formula is C18H15BrN4O3S. The molecule has 0 radical (unpaired) electrons. The Morgan fingerprint density at radius 1 is 1.33 bits per heavy atom. The number of hydrogen-bond donors (Lipinski definition) is 2. The van der Waals surface area contributed by atoms with Crippen LogP contribution in [0.4, 0.5) is 0 Å². The van der Waals surface area contributed by atoms with Gasteiger partial charge >= 0.3 is 0 Å². The monoisotopic (exact) mass is 446 g/mol. The van der Waals surface area contributed by atoms with Gasteiger partial charge in [-0.05, 0) is 40.4 Å². The van der Waals surface area contributed by atoms with Crippen LogP contribution in [-0.4, -0.2) is 34.6 Å². The van der Waals surface area contributed by atoms with E-state index in [-0.39, 0.29) is 11.7 Å². The first kappa shape index (κ1) is 17.9. The number of amidine groups is 1. The summed E-state index contributed by atoms with van der Waals surface area (Å²) in [6.07, 6.45) is 1.27.